The molecule has 0 unspecified atom stereocenters. The summed E-state index contributed by atoms with van der Waals surface area (Å²) in [7, 11) is 0. The van der Waals surface area contributed by atoms with Gasteiger partial charge in [0.1, 0.15) is 11.9 Å². The van der Waals surface area contributed by atoms with Gasteiger partial charge < -0.3 is 11.1 Å². The molecule has 4 nitrogen and oxygen atoms in total. The van der Waals surface area contributed by atoms with Crippen LogP contribution in [0, 0.1) is 5.82 Å². The van der Waals surface area contributed by atoms with E-state index in [2.05, 4.69) is 5.32 Å². The largest absolute Gasteiger partial charge is 0.417 e. The van der Waals surface area contributed by atoms with Gasteiger partial charge in [-0.05, 0) is 29.8 Å². The van der Waals surface area contributed by atoms with Gasteiger partial charge in [0.2, 0.25) is 5.91 Å². The van der Waals surface area contributed by atoms with E-state index in [1.807, 2.05) is 0 Å². The third-order valence-corrected chi connectivity index (χ3v) is 3.48. The van der Waals surface area contributed by atoms with Crippen LogP contribution in [-0.2, 0) is 17.4 Å². The number of carbonyl (C=O) groups is 2. The molecule has 0 spiro atoms. The number of hydrogen-bond acceptors (Lipinski definition) is 2. The first-order chi connectivity index (χ1) is 11.7. The molecule has 0 bridgehead atoms. The molecule has 0 radical (unpaired) electrons. The standard InChI is InChI=1S/C17H14F4N2O2/c18-11-7-5-10(6-8-11)9-14(15(22)24)23-16(25)12-3-1-2-4-13(12)17(19,20)21/h1-8,14H,9H2,(H2,22,24)(H,23,25)/t14-/m1/s1. The second kappa shape index (κ2) is 7.33. The van der Waals surface area contributed by atoms with Crippen molar-refractivity contribution in [2.45, 2.75) is 18.6 Å². The number of alkyl halides is 3. The number of amides is 2. The fourth-order valence-electron chi connectivity index (χ4n) is 2.24. The number of primary amides is 1. The summed E-state index contributed by atoms with van der Waals surface area (Å²) in [4.78, 5) is 23.7. The summed E-state index contributed by atoms with van der Waals surface area (Å²) in [6.07, 6.45) is -4.79. The molecular weight excluding hydrogens is 340 g/mol. The second-order valence-corrected chi connectivity index (χ2v) is 5.30. The molecular formula is C17H14F4N2O2. The summed E-state index contributed by atoms with van der Waals surface area (Å²) in [6.45, 7) is 0. The molecule has 0 fully saturated rings. The van der Waals surface area contributed by atoms with E-state index in [-0.39, 0.29) is 6.42 Å². The Balaban J connectivity index is 2.21. The molecule has 2 aromatic carbocycles. The second-order valence-electron chi connectivity index (χ2n) is 5.30. The quantitative estimate of drug-likeness (QED) is 0.811. The van der Waals surface area contributed by atoms with Gasteiger partial charge in [-0.1, -0.05) is 24.3 Å². The van der Waals surface area contributed by atoms with Crippen molar-refractivity contribution in [3.8, 4) is 0 Å². The van der Waals surface area contributed by atoms with E-state index in [1.54, 1.807) is 0 Å². The van der Waals surface area contributed by atoms with Crippen molar-refractivity contribution in [2.75, 3.05) is 0 Å². The Bertz CT molecular complexity index is 773. The van der Waals surface area contributed by atoms with Crippen LogP contribution in [0.4, 0.5) is 17.6 Å². The number of nitrogens with two attached hydrogens (primary N) is 1. The van der Waals surface area contributed by atoms with Crippen LogP contribution < -0.4 is 11.1 Å². The predicted octanol–water partition coefficient (Wildman–Crippen LogP) is 2.67. The van der Waals surface area contributed by atoms with Gasteiger partial charge in [-0.15, -0.1) is 0 Å². The summed E-state index contributed by atoms with van der Waals surface area (Å²) in [6, 6.07) is 8.08. The van der Waals surface area contributed by atoms with E-state index >= 15 is 0 Å². The average Bonchev–Trinajstić information content (AvgIpc) is 2.55. The molecule has 3 N–H and O–H groups in total. The highest BCUT2D eigenvalue weighted by atomic mass is 19.4. The summed E-state index contributed by atoms with van der Waals surface area (Å²) in [5.41, 5.74) is 3.99. The molecule has 0 aliphatic rings. The highest BCUT2D eigenvalue weighted by Crippen LogP contribution is 2.31. The van der Waals surface area contributed by atoms with E-state index in [0.717, 1.165) is 30.3 Å². The van der Waals surface area contributed by atoms with Crippen LogP contribution in [0.5, 0.6) is 0 Å². The van der Waals surface area contributed by atoms with E-state index in [0.29, 0.717) is 5.56 Å². The number of carbonyl (C=O) groups excluding carboxylic acids is 2. The Hall–Kier alpha value is -2.90. The maximum Gasteiger partial charge on any atom is 0.417 e. The molecule has 2 aromatic rings. The molecule has 2 amide bonds. The lowest BCUT2D eigenvalue weighted by Gasteiger charge is -2.18. The van der Waals surface area contributed by atoms with E-state index in [1.165, 1.54) is 18.2 Å². The Morgan fingerprint density at radius 2 is 1.64 bits per heavy atom. The summed E-state index contributed by atoms with van der Waals surface area (Å²) >= 11 is 0. The molecule has 2 rings (SSSR count). The topological polar surface area (TPSA) is 72.2 Å². The predicted molar refractivity (Wildman–Crippen MR) is 82.0 cm³/mol. The van der Waals surface area contributed by atoms with Crippen molar-refractivity contribution in [1.29, 1.82) is 0 Å². The molecule has 0 saturated heterocycles. The van der Waals surface area contributed by atoms with Gasteiger partial charge >= 0.3 is 6.18 Å². The van der Waals surface area contributed by atoms with Crippen molar-refractivity contribution < 1.29 is 27.2 Å². The number of benzene rings is 2. The summed E-state index contributed by atoms with van der Waals surface area (Å²) < 4.78 is 51.8. The molecule has 132 valence electrons. The monoisotopic (exact) mass is 354 g/mol. The first-order valence-corrected chi connectivity index (χ1v) is 7.19. The molecule has 0 aliphatic heterocycles. The molecule has 0 saturated carbocycles. The van der Waals surface area contributed by atoms with E-state index < -0.39 is 41.0 Å². The van der Waals surface area contributed by atoms with Crippen LogP contribution >= 0.6 is 0 Å². The smallest absolute Gasteiger partial charge is 0.368 e. The highest BCUT2D eigenvalue weighted by molar-refractivity contribution is 5.98. The summed E-state index contributed by atoms with van der Waals surface area (Å²) in [5, 5.41) is 2.20. The Kier molecular flexibility index (Phi) is 5.41. The first-order valence-electron chi connectivity index (χ1n) is 7.19. The fraction of sp³-hybridized carbons (Fsp3) is 0.176. The van der Waals surface area contributed by atoms with Crippen molar-refractivity contribution in [2.24, 2.45) is 5.73 Å². The van der Waals surface area contributed by atoms with Crippen LogP contribution in [0.25, 0.3) is 0 Å². The van der Waals surface area contributed by atoms with Crippen LogP contribution in [0.1, 0.15) is 21.5 Å². The van der Waals surface area contributed by atoms with Gasteiger partial charge in [-0.3, -0.25) is 9.59 Å². The lowest BCUT2D eigenvalue weighted by molar-refractivity contribution is -0.137. The lowest BCUT2D eigenvalue weighted by atomic mass is 10.0. The Morgan fingerprint density at radius 3 is 2.20 bits per heavy atom. The van der Waals surface area contributed by atoms with Crippen LogP contribution in [0.15, 0.2) is 48.5 Å². The minimum Gasteiger partial charge on any atom is -0.368 e. The normalized spacial score (nSPS) is 12.5. The zero-order valence-electron chi connectivity index (χ0n) is 12.8. The SMILES string of the molecule is NC(=O)[C@@H](Cc1ccc(F)cc1)NC(=O)c1ccccc1C(F)(F)F. The molecule has 0 aliphatic carbocycles. The van der Waals surface area contributed by atoms with E-state index in [4.69, 9.17) is 5.73 Å². The van der Waals surface area contributed by atoms with E-state index in [9.17, 15) is 27.2 Å². The number of rotatable bonds is 5. The molecule has 1 atom stereocenters. The van der Waals surface area contributed by atoms with Crippen molar-refractivity contribution in [1.82, 2.24) is 5.32 Å². The molecule has 25 heavy (non-hydrogen) atoms. The number of hydrogen-bond donors (Lipinski definition) is 2. The van der Waals surface area contributed by atoms with Gasteiger partial charge in [0.15, 0.2) is 0 Å². The zero-order valence-corrected chi connectivity index (χ0v) is 12.8. The highest BCUT2D eigenvalue weighted by Gasteiger charge is 2.35. The van der Waals surface area contributed by atoms with Crippen molar-refractivity contribution in [3.05, 3.63) is 71.0 Å². The van der Waals surface area contributed by atoms with Gasteiger partial charge in [-0.25, -0.2) is 4.39 Å². The first kappa shape index (κ1) is 18.4. The fourth-order valence-corrected chi connectivity index (χ4v) is 2.24. The minimum atomic E-state index is -4.72. The minimum absolute atomic E-state index is 0.0739. The van der Waals surface area contributed by atoms with Crippen LogP contribution in [-0.4, -0.2) is 17.9 Å². The Morgan fingerprint density at radius 1 is 1.04 bits per heavy atom. The zero-order chi connectivity index (χ0) is 18.6. The third-order valence-electron chi connectivity index (χ3n) is 3.48. The number of nitrogens with one attached hydrogen (secondary N) is 1. The van der Waals surface area contributed by atoms with Crippen molar-refractivity contribution in [3.63, 3.8) is 0 Å². The maximum absolute atomic E-state index is 13.0. The summed E-state index contributed by atoms with van der Waals surface area (Å²) in [5.74, 6) is -2.47. The average molecular weight is 354 g/mol. The number of halogens is 4. The van der Waals surface area contributed by atoms with Gasteiger partial charge in [0.25, 0.3) is 5.91 Å². The van der Waals surface area contributed by atoms with Crippen LogP contribution in [0.2, 0.25) is 0 Å². The molecule has 0 heterocycles. The lowest BCUT2D eigenvalue weighted by Crippen LogP contribution is -2.46. The van der Waals surface area contributed by atoms with Gasteiger partial charge in [-0.2, -0.15) is 13.2 Å². The third kappa shape index (κ3) is 4.79. The van der Waals surface area contributed by atoms with Crippen molar-refractivity contribution >= 4 is 11.8 Å². The van der Waals surface area contributed by atoms with Gasteiger partial charge in [0.05, 0.1) is 11.1 Å². The van der Waals surface area contributed by atoms with Crippen LogP contribution in [0.3, 0.4) is 0 Å². The Labute approximate surface area is 140 Å². The maximum atomic E-state index is 13.0. The molecule has 8 heteroatoms. The van der Waals surface area contributed by atoms with Gasteiger partial charge in [0, 0.05) is 6.42 Å². The molecule has 0 aromatic heterocycles.